The second-order valence-corrected chi connectivity index (χ2v) is 4.57. The van der Waals surface area contributed by atoms with Gasteiger partial charge in [0.2, 0.25) is 0 Å². The molecule has 6 heteroatoms. The summed E-state index contributed by atoms with van der Waals surface area (Å²) in [6.07, 6.45) is 1.27. The number of nitrogens with one attached hydrogen (secondary N) is 1. The molecular weight excluding hydrogens is 246 g/mol. The molecule has 104 valence electrons. The van der Waals surface area contributed by atoms with E-state index in [9.17, 15) is 9.59 Å². The van der Waals surface area contributed by atoms with Gasteiger partial charge in [-0.2, -0.15) is 0 Å². The summed E-state index contributed by atoms with van der Waals surface area (Å²) in [5.41, 5.74) is 0.285. The standard InChI is InChI=1S/C13H19N3O3/c1-9(2)16(3)7-6-14-12(17)10-4-5-11(13(18)19)15-8-10/h4-5,8-9H,6-7H2,1-3H3,(H,14,17)(H,18,19). The quantitative estimate of drug-likeness (QED) is 0.796. The fraction of sp³-hybridized carbons (Fsp3) is 0.462. The molecule has 1 amide bonds. The van der Waals surface area contributed by atoms with Crippen molar-refractivity contribution >= 4 is 11.9 Å². The highest BCUT2D eigenvalue weighted by molar-refractivity contribution is 5.94. The molecule has 0 saturated heterocycles. The lowest BCUT2D eigenvalue weighted by atomic mass is 10.2. The lowest BCUT2D eigenvalue weighted by molar-refractivity contribution is 0.0689. The number of hydrogen-bond acceptors (Lipinski definition) is 4. The summed E-state index contributed by atoms with van der Waals surface area (Å²) >= 11 is 0. The minimum atomic E-state index is -1.11. The first-order valence-corrected chi connectivity index (χ1v) is 6.09. The number of carboxylic acids is 1. The van der Waals surface area contributed by atoms with Crippen LogP contribution in [-0.2, 0) is 0 Å². The van der Waals surface area contributed by atoms with E-state index < -0.39 is 5.97 Å². The Hall–Kier alpha value is -1.95. The Labute approximate surface area is 112 Å². The van der Waals surface area contributed by atoms with Gasteiger partial charge >= 0.3 is 5.97 Å². The molecule has 1 rings (SSSR count). The zero-order chi connectivity index (χ0) is 14.4. The minimum Gasteiger partial charge on any atom is -0.477 e. The van der Waals surface area contributed by atoms with E-state index in [0.29, 0.717) is 18.2 Å². The highest BCUT2D eigenvalue weighted by Crippen LogP contribution is 2.00. The third-order valence-corrected chi connectivity index (χ3v) is 2.88. The van der Waals surface area contributed by atoms with Gasteiger partial charge in [-0.1, -0.05) is 0 Å². The molecule has 1 aromatic rings. The Kier molecular flexibility index (Phi) is 5.44. The van der Waals surface area contributed by atoms with Crippen molar-refractivity contribution < 1.29 is 14.7 Å². The van der Waals surface area contributed by atoms with Crippen molar-refractivity contribution in [1.82, 2.24) is 15.2 Å². The fourth-order valence-electron chi connectivity index (χ4n) is 1.36. The van der Waals surface area contributed by atoms with Gasteiger partial charge in [0.05, 0.1) is 5.56 Å². The van der Waals surface area contributed by atoms with Gasteiger partial charge in [0.25, 0.3) is 5.91 Å². The number of nitrogens with zero attached hydrogens (tertiary/aromatic N) is 2. The van der Waals surface area contributed by atoms with Crippen molar-refractivity contribution in [2.45, 2.75) is 19.9 Å². The number of likely N-dealkylation sites (N-methyl/N-ethyl adjacent to an activating group) is 1. The van der Waals surface area contributed by atoms with Crippen molar-refractivity contribution in [2.24, 2.45) is 0 Å². The van der Waals surface area contributed by atoms with Crippen LogP contribution in [0.3, 0.4) is 0 Å². The van der Waals surface area contributed by atoms with Crippen LogP contribution in [0.2, 0.25) is 0 Å². The molecule has 0 atom stereocenters. The van der Waals surface area contributed by atoms with Crippen molar-refractivity contribution in [2.75, 3.05) is 20.1 Å². The average molecular weight is 265 g/mol. The number of carbonyl (C=O) groups excluding carboxylic acids is 1. The smallest absolute Gasteiger partial charge is 0.354 e. The van der Waals surface area contributed by atoms with E-state index in [1.54, 1.807) is 0 Å². The zero-order valence-corrected chi connectivity index (χ0v) is 11.4. The number of carboxylic acid groups (broad SMARTS) is 1. The van der Waals surface area contributed by atoms with Gasteiger partial charge in [0.1, 0.15) is 5.69 Å². The van der Waals surface area contributed by atoms with E-state index in [1.807, 2.05) is 7.05 Å². The molecule has 19 heavy (non-hydrogen) atoms. The number of pyridine rings is 1. The first-order chi connectivity index (χ1) is 8.91. The van der Waals surface area contributed by atoms with Gasteiger partial charge in [-0.3, -0.25) is 4.79 Å². The maximum Gasteiger partial charge on any atom is 0.354 e. The molecule has 2 N–H and O–H groups in total. The normalized spacial score (nSPS) is 10.8. The number of rotatable bonds is 6. The van der Waals surface area contributed by atoms with E-state index in [0.717, 1.165) is 6.54 Å². The topological polar surface area (TPSA) is 82.5 Å². The van der Waals surface area contributed by atoms with Crippen molar-refractivity contribution in [3.05, 3.63) is 29.6 Å². The van der Waals surface area contributed by atoms with E-state index in [2.05, 4.69) is 29.0 Å². The molecule has 0 aliphatic carbocycles. The highest BCUT2D eigenvalue weighted by Gasteiger charge is 2.09. The van der Waals surface area contributed by atoms with Gasteiger partial charge in [0, 0.05) is 25.3 Å². The molecule has 0 fully saturated rings. The molecule has 6 nitrogen and oxygen atoms in total. The maximum atomic E-state index is 11.8. The first-order valence-electron chi connectivity index (χ1n) is 6.09. The molecule has 0 aromatic carbocycles. The Morgan fingerprint density at radius 1 is 1.42 bits per heavy atom. The third kappa shape index (κ3) is 4.67. The Morgan fingerprint density at radius 3 is 2.58 bits per heavy atom. The second-order valence-electron chi connectivity index (χ2n) is 4.57. The lowest BCUT2D eigenvalue weighted by Crippen LogP contribution is -2.36. The van der Waals surface area contributed by atoms with Gasteiger partial charge in [-0.15, -0.1) is 0 Å². The molecule has 0 aliphatic heterocycles. The first kappa shape index (κ1) is 15.1. The largest absolute Gasteiger partial charge is 0.477 e. The van der Waals surface area contributed by atoms with Crippen LogP contribution < -0.4 is 5.32 Å². The van der Waals surface area contributed by atoms with Gasteiger partial charge in [-0.25, -0.2) is 9.78 Å². The molecule has 0 aliphatic rings. The highest BCUT2D eigenvalue weighted by atomic mass is 16.4. The zero-order valence-electron chi connectivity index (χ0n) is 11.4. The van der Waals surface area contributed by atoms with E-state index in [-0.39, 0.29) is 11.6 Å². The van der Waals surface area contributed by atoms with Crippen molar-refractivity contribution in [1.29, 1.82) is 0 Å². The molecule has 0 bridgehead atoms. The van der Waals surface area contributed by atoms with Crippen LogP contribution in [0.15, 0.2) is 18.3 Å². The number of hydrogen-bond donors (Lipinski definition) is 2. The summed E-state index contributed by atoms with van der Waals surface area (Å²) < 4.78 is 0. The van der Waals surface area contributed by atoms with Crippen LogP contribution in [0.25, 0.3) is 0 Å². The van der Waals surface area contributed by atoms with Gasteiger partial charge in [-0.05, 0) is 33.0 Å². The van der Waals surface area contributed by atoms with E-state index in [4.69, 9.17) is 5.11 Å². The monoisotopic (exact) mass is 265 g/mol. The summed E-state index contributed by atoms with van der Waals surface area (Å²) in [6, 6.07) is 3.20. The van der Waals surface area contributed by atoms with Crippen LogP contribution in [-0.4, -0.2) is 53.0 Å². The third-order valence-electron chi connectivity index (χ3n) is 2.88. The molecule has 0 spiro atoms. The molecular formula is C13H19N3O3. The van der Waals surface area contributed by atoms with Gasteiger partial charge < -0.3 is 15.3 Å². The lowest BCUT2D eigenvalue weighted by Gasteiger charge is -2.20. The van der Waals surface area contributed by atoms with Crippen molar-refractivity contribution in [3.8, 4) is 0 Å². The predicted octanol–water partition coefficient (Wildman–Crippen LogP) is 0.850. The van der Waals surface area contributed by atoms with Crippen molar-refractivity contribution in [3.63, 3.8) is 0 Å². The van der Waals surface area contributed by atoms with Crippen LogP contribution >= 0.6 is 0 Å². The van der Waals surface area contributed by atoms with E-state index >= 15 is 0 Å². The summed E-state index contributed by atoms with van der Waals surface area (Å²) in [5.74, 6) is -1.35. The summed E-state index contributed by atoms with van der Waals surface area (Å²) in [6.45, 7) is 5.45. The molecule has 1 heterocycles. The second kappa shape index (κ2) is 6.84. The summed E-state index contributed by atoms with van der Waals surface area (Å²) in [7, 11) is 1.99. The Bertz CT molecular complexity index is 443. The van der Waals surface area contributed by atoms with Crippen LogP contribution in [0.5, 0.6) is 0 Å². The molecule has 0 unspecified atom stereocenters. The number of amides is 1. The van der Waals surface area contributed by atoms with Crippen LogP contribution in [0.4, 0.5) is 0 Å². The van der Waals surface area contributed by atoms with Crippen LogP contribution in [0.1, 0.15) is 34.7 Å². The number of carbonyl (C=O) groups is 2. The van der Waals surface area contributed by atoms with E-state index in [1.165, 1.54) is 18.3 Å². The Balaban J connectivity index is 2.48. The van der Waals surface area contributed by atoms with Crippen LogP contribution in [0, 0.1) is 0 Å². The predicted molar refractivity (Wildman–Crippen MR) is 71.3 cm³/mol. The average Bonchev–Trinajstić information content (AvgIpc) is 2.38. The maximum absolute atomic E-state index is 11.8. The number of aromatic carboxylic acids is 1. The molecule has 0 radical (unpaired) electrons. The molecule has 1 aromatic heterocycles. The summed E-state index contributed by atoms with van der Waals surface area (Å²) in [5, 5.41) is 11.5. The molecule has 0 saturated carbocycles. The summed E-state index contributed by atoms with van der Waals surface area (Å²) in [4.78, 5) is 28.2. The number of aromatic nitrogens is 1. The SMILES string of the molecule is CC(C)N(C)CCNC(=O)c1ccc(C(=O)O)nc1. The fourth-order valence-corrected chi connectivity index (χ4v) is 1.36. The minimum absolute atomic E-state index is 0.0731. The Morgan fingerprint density at radius 2 is 2.11 bits per heavy atom. The van der Waals surface area contributed by atoms with Gasteiger partial charge in [0.15, 0.2) is 0 Å².